The van der Waals surface area contributed by atoms with E-state index in [4.69, 9.17) is 0 Å². The average Bonchev–Trinajstić information content (AvgIpc) is 2.59. The Balaban J connectivity index is 1.85. The number of benzene rings is 1. The fourth-order valence-corrected chi connectivity index (χ4v) is 4.00. The highest BCUT2D eigenvalue weighted by Gasteiger charge is 2.48. The predicted molar refractivity (Wildman–Crippen MR) is 85.2 cm³/mol. The Bertz CT molecular complexity index is 876. The summed E-state index contributed by atoms with van der Waals surface area (Å²) in [5, 5.41) is 0.110. The number of ketones is 1. The van der Waals surface area contributed by atoms with Gasteiger partial charge in [-0.3, -0.25) is 4.79 Å². The molecule has 126 valence electrons. The highest BCUT2D eigenvalue weighted by atomic mass is 79.9. The number of halogens is 4. The molecule has 1 saturated heterocycles. The van der Waals surface area contributed by atoms with Crippen LogP contribution >= 0.6 is 15.9 Å². The van der Waals surface area contributed by atoms with Crippen LogP contribution in [0, 0.1) is 23.1 Å². The zero-order valence-corrected chi connectivity index (χ0v) is 14.2. The number of rotatable bonds is 1. The van der Waals surface area contributed by atoms with Gasteiger partial charge in [0, 0.05) is 30.3 Å². The quantitative estimate of drug-likeness (QED) is 0.540. The van der Waals surface area contributed by atoms with Crippen molar-refractivity contribution in [2.75, 3.05) is 18.0 Å². The topological polar surface area (TPSA) is 46.1 Å². The summed E-state index contributed by atoms with van der Waals surface area (Å²) in [6.07, 6.45) is 1.82. The molecule has 4 nitrogen and oxygen atoms in total. The third-order valence-corrected chi connectivity index (χ3v) is 5.81. The van der Waals surface area contributed by atoms with E-state index in [2.05, 4.69) is 25.9 Å². The third kappa shape index (κ3) is 2.22. The molecule has 1 atom stereocenters. The van der Waals surface area contributed by atoms with Crippen LogP contribution in [0.25, 0.3) is 10.9 Å². The summed E-state index contributed by atoms with van der Waals surface area (Å²) in [6.45, 7) is 0.955. The molecule has 2 heterocycles. The van der Waals surface area contributed by atoms with E-state index in [1.165, 1.54) is 0 Å². The summed E-state index contributed by atoms with van der Waals surface area (Å²) in [7, 11) is 0. The van der Waals surface area contributed by atoms with Crippen molar-refractivity contribution in [1.82, 2.24) is 9.97 Å². The van der Waals surface area contributed by atoms with Crippen LogP contribution in [0.5, 0.6) is 0 Å². The third-order valence-electron chi connectivity index (χ3n) is 5.08. The molecule has 2 aromatic rings. The van der Waals surface area contributed by atoms with Crippen LogP contribution in [0.4, 0.5) is 19.0 Å². The Hall–Kier alpha value is -1.70. The molecule has 1 aromatic carbocycles. The van der Waals surface area contributed by atoms with E-state index in [1.54, 1.807) is 4.90 Å². The van der Waals surface area contributed by atoms with E-state index in [0.717, 1.165) is 25.3 Å². The molecule has 24 heavy (non-hydrogen) atoms. The maximum atomic E-state index is 14.3. The molecule has 1 aliphatic carbocycles. The number of Topliss-reactive ketones (excluding diaryl/α,β-unsaturated/α-hetero) is 1. The largest absolute Gasteiger partial charge is 0.355 e. The highest BCUT2D eigenvalue weighted by Crippen LogP contribution is 2.46. The van der Waals surface area contributed by atoms with Crippen LogP contribution < -0.4 is 4.90 Å². The molecule has 0 bridgehead atoms. The number of carbonyl (C=O) groups excluding carboxylic acids is 1. The van der Waals surface area contributed by atoms with Crippen molar-refractivity contribution in [2.24, 2.45) is 5.41 Å². The summed E-state index contributed by atoms with van der Waals surface area (Å²) < 4.78 is 41.7. The molecule has 0 amide bonds. The number of carbonyl (C=O) groups is 1. The molecular weight excluding hydrogens is 387 g/mol. The van der Waals surface area contributed by atoms with Gasteiger partial charge in [0.1, 0.15) is 22.9 Å². The van der Waals surface area contributed by atoms with Gasteiger partial charge < -0.3 is 4.90 Å². The van der Waals surface area contributed by atoms with Crippen molar-refractivity contribution in [3.8, 4) is 0 Å². The molecule has 0 radical (unpaired) electrons. The molecule has 2 aliphatic rings. The van der Waals surface area contributed by atoms with Crippen LogP contribution in [0.3, 0.4) is 0 Å². The second-order valence-electron chi connectivity index (χ2n) is 6.43. The summed E-state index contributed by atoms with van der Waals surface area (Å²) in [5.74, 6) is -1.42. The SMILES string of the molecule is O=C1CC[C@]12CCCN(c1nc(F)nc3c(F)c(Br)c(F)cc13)C2. The lowest BCUT2D eigenvalue weighted by atomic mass is 9.63. The molecule has 1 saturated carbocycles. The van der Waals surface area contributed by atoms with Gasteiger partial charge in [0.2, 0.25) is 0 Å². The van der Waals surface area contributed by atoms with Gasteiger partial charge >= 0.3 is 6.08 Å². The van der Waals surface area contributed by atoms with Crippen molar-refractivity contribution < 1.29 is 18.0 Å². The van der Waals surface area contributed by atoms with Gasteiger partial charge in [-0.25, -0.2) is 8.78 Å². The van der Waals surface area contributed by atoms with Gasteiger partial charge in [-0.05, 0) is 41.3 Å². The van der Waals surface area contributed by atoms with Crippen LogP contribution in [-0.2, 0) is 4.79 Å². The number of hydrogen-bond acceptors (Lipinski definition) is 4. The first kappa shape index (κ1) is 15.8. The van der Waals surface area contributed by atoms with Gasteiger partial charge in [-0.1, -0.05) is 0 Å². The minimum Gasteiger partial charge on any atom is -0.355 e. The van der Waals surface area contributed by atoms with Gasteiger partial charge in [0.25, 0.3) is 0 Å². The number of aromatic nitrogens is 2. The van der Waals surface area contributed by atoms with Crippen LogP contribution in [0.15, 0.2) is 10.5 Å². The van der Waals surface area contributed by atoms with Crippen molar-refractivity contribution in [1.29, 1.82) is 0 Å². The van der Waals surface area contributed by atoms with Crippen molar-refractivity contribution in [3.05, 3.63) is 28.3 Å². The first-order chi connectivity index (χ1) is 11.4. The van der Waals surface area contributed by atoms with E-state index < -0.39 is 23.1 Å². The predicted octanol–water partition coefficient (Wildman–Crippen LogP) is 3.76. The molecule has 0 unspecified atom stereocenters. The lowest BCUT2D eigenvalue weighted by molar-refractivity contribution is -0.138. The summed E-state index contributed by atoms with van der Waals surface area (Å²) in [4.78, 5) is 21.0. The monoisotopic (exact) mass is 399 g/mol. The van der Waals surface area contributed by atoms with Gasteiger partial charge in [-0.2, -0.15) is 14.4 Å². The number of nitrogens with zero attached hydrogens (tertiary/aromatic N) is 3. The van der Waals surface area contributed by atoms with Crippen molar-refractivity contribution in [3.63, 3.8) is 0 Å². The van der Waals surface area contributed by atoms with Gasteiger partial charge in [0.15, 0.2) is 5.82 Å². The van der Waals surface area contributed by atoms with Crippen LogP contribution in [0.2, 0.25) is 0 Å². The lowest BCUT2D eigenvalue weighted by Gasteiger charge is -2.47. The fourth-order valence-electron chi connectivity index (χ4n) is 3.70. The fraction of sp³-hybridized carbons (Fsp3) is 0.438. The molecule has 0 N–H and O–H groups in total. The number of anilines is 1. The van der Waals surface area contributed by atoms with E-state index in [9.17, 15) is 18.0 Å². The first-order valence-corrected chi connectivity index (χ1v) is 8.50. The zero-order valence-electron chi connectivity index (χ0n) is 12.6. The molecule has 1 aliphatic heterocycles. The Morgan fingerprint density at radius 1 is 1.21 bits per heavy atom. The second-order valence-corrected chi connectivity index (χ2v) is 7.22. The van der Waals surface area contributed by atoms with Crippen LogP contribution in [-0.4, -0.2) is 28.8 Å². The minimum absolute atomic E-state index is 0.110. The Kier molecular flexibility index (Phi) is 3.56. The van der Waals surface area contributed by atoms with Gasteiger partial charge in [0.05, 0.1) is 4.47 Å². The molecule has 2 fully saturated rings. The standard InChI is InChI=1S/C16H13BrF3N3O/c17-11-9(18)6-8-13(12(11)19)21-15(20)22-14(8)23-5-1-3-16(7-23)4-2-10(16)24/h6H,1-5,7H2/t16-/m0/s1. The van der Waals surface area contributed by atoms with E-state index >= 15 is 0 Å². The summed E-state index contributed by atoms with van der Waals surface area (Å²) in [5.41, 5.74) is -0.691. The lowest BCUT2D eigenvalue weighted by Crippen LogP contribution is -2.53. The smallest absolute Gasteiger partial charge is 0.311 e. The summed E-state index contributed by atoms with van der Waals surface area (Å²) in [6, 6.07) is 1.10. The maximum Gasteiger partial charge on any atom is 0.311 e. The molecule has 8 heteroatoms. The van der Waals surface area contributed by atoms with E-state index in [0.29, 0.717) is 19.5 Å². The van der Waals surface area contributed by atoms with Crippen molar-refractivity contribution >= 4 is 38.4 Å². The van der Waals surface area contributed by atoms with Gasteiger partial charge in [-0.15, -0.1) is 0 Å². The van der Waals surface area contributed by atoms with E-state index in [-0.39, 0.29) is 27.0 Å². The number of piperidine rings is 1. The normalized spacial score (nSPS) is 23.8. The Morgan fingerprint density at radius 2 is 2.00 bits per heavy atom. The summed E-state index contributed by atoms with van der Waals surface area (Å²) >= 11 is 2.80. The Morgan fingerprint density at radius 3 is 2.67 bits per heavy atom. The number of fused-ring (bicyclic) bond motifs is 1. The Labute approximate surface area is 144 Å². The highest BCUT2D eigenvalue weighted by molar-refractivity contribution is 9.10. The minimum atomic E-state index is -1.07. The molecule has 4 rings (SSSR count). The molecule has 1 spiro atoms. The average molecular weight is 400 g/mol. The van der Waals surface area contributed by atoms with Crippen LogP contribution in [0.1, 0.15) is 25.7 Å². The molecule has 1 aromatic heterocycles. The molecular formula is C16H13BrF3N3O. The second kappa shape index (κ2) is 5.40. The zero-order chi connectivity index (χ0) is 17.1. The van der Waals surface area contributed by atoms with E-state index in [1.807, 2.05) is 0 Å². The maximum absolute atomic E-state index is 14.3. The first-order valence-electron chi connectivity index (χ1n) is 7.70. The number of hydrogen-bond donors (Lipinski definition) is 0. The van der Waals surface area contributed by atoms with Crippen molar-refractivity contribution in [2.45, 2.75) is 25.7 Å².